The van der Waals surface area contributed by atoms with Gasteiger partial charge in [0.05, 0.1) is 6.10 Å². The molecule has 0 aromatic carbocycles. The first-order valence-corrected chi connectivity index (χ1v) is 5.24. The van der Waals surface area contributed by atoms with E-state index in [0.717, 1.165) is 17.5 Å². The van der Waals surface area contributed by atoms with Crippen molar-refractivity contribution in [1.29, 1.82) is 0 Å². The van der Waals surface area contributed by atoms with Gasteiger partial charge in [-0.3, -0.25) is 4.98 Å². The largest absolute Gasteiger partial charge is 0.388 e. The molecule has 0 aliphatic carbocycles. The Kier molecular flexibility index (Phi) is 4.72. The van der Waals surface area contributed by atoms with Crippen molar-refractivity contribution in [3.63, 3.8) is 0 Å². The van der Waals surface area contributed by atoms with E-state index in [1.165, 1.54) is 0 Å². The van der Waals surface area contributed by atoms with Gasteiger partial charge in [0.25, 0.3) is 0 Å². The molecule has 1 aromatic rings. The summed E-state index contributed by atoms with van der Waals surface area (Å²) in [6.07, 6.45) is 3.88. The molecule has 0 bridgehead atoms. The highest BCUT2D eigenvalue weighted by Crippen LogP contribution is 2.25. The zero-order valence-electron chi connectivity index (χ0n) is 9.60. The minimum absolute atomic E-state index is 0.188. The molecular weight excluding hydrogens is 190 g/mol. The van der Waals surface area contributed by atoms with E-state index in [1.807, 2.05) is 19.9 Å². The highest BCUT2D eigenvalue weighted by molar-refractivity contribution is 5.24. The van der Waals surface area contributed by atoms with Crippen LogP contribution in [0.1, 0.15) is 30.6 Å². The van der Waals surface area contributed by atoms with Gasteiger partial charge < -0.3 is 9.84 Å². The van der Waals surface area contributed by atoms with Crippen LogP contribution in [0.5, 0.6) is 0 Å². The minimum atomic E-state index is -0.450. The van der Waals surface area contributed by atoms with Gasteiger partial charge in [-0.15, -0.1) is 0 Å². The van der Waals surface area contributed by atoms with Crippen LogP contribution in [-0.4, -0.2) is 23.8 Å². The van der Waals surface area contributed by atoms with Gasteiger partial charge in [-0.2, -0.15) is 0 Å². The average Bonchev–Trinajstić information content (AvgIpc) is 2.25. The van der Waals surface area contributed by atoms with E-state index in [1.54, 1.807) is 19.5 Å². The summed E-state index contributed by atoms with van der Waals surface area (Å²) in [6, 6.07) is 1.92. The van der Waals surface area contributed by atoms with E-state index in [-0.39, 0.29) is 5.92 Å². The zero-order chi connectivity index (χ0) is 11.3. The third kappa shape index (κ3) is 3.29. The number of aliphatic hydroxyl groups is 1. The van der Waals surface area contributed by atoms with Crippen molar-refractivity contribution < 1.29 is 9.84 Å². The fraction of sp³-hybridized carbons (Fsp3) is 0.583. The van der Waals surface area contributed by atoms with Crippen LogP contribution in [-0.2, 0) is 4.74 Å². The Labute approximate surface area is 91.1 Å². The normalized spacial score (nSPS) is 14.9. The maximum absolute atomic E-state index is 10.1. The lowest BCUT2D eigenvalue weighted by Gasteiger charge is -2.20. The van der Waals surface area contributed by atoms with Crippen LogP contribution in [0.2, 0.25) is 0 Å². The maximum Gasteiger partial charge on any atom is 0.0833 e. The average molecular weight is 209 g/mol. The van der Waals surface area contributed by atoms with Crippen molar-refractivity contribution in [3.8, 4) is 0 Å². The topological polar surface area (TPSA) is 42.4 Å². The molecule has 0 saturated heterocycles. The Balaban J connectivity index is 2.67. The molecule has 1 rings (SSSR count). The fourth-order valence-electron chi connectivity index (χ4n) is 1.55. The molecule has 0 radical (unpaired) electrons. The van der Waals surface area contributed by atoms with E-state index < -0.39 is 6.10 Å². The van der Waals surface area contributed by atoms with Crippen molar-refractivity contribution in [2.24, 2.45) is 5.92 Å². The molecule has 84 valence electrons. The number of aryl methyl sites for hydroxylation is 1. The van der Waals surface area contributed by atoms with E-state index in [0.29, 0.717) is 6.61 Å². The van der Waals surface area contributed by atoms with Gasteiger partial charge in [0.2, 0.25) is 0 Å². The first kappa shape index (κ1) is 12.1. The fourth-order valence-corrected chi connectivity index (χ4v) is 1.55. The third-order valence-corrected chi connectivity index (χ3v) is 2.71. The second-order valence-electron chi connectivity index (χ2n) is 3.94. The van der Waals surface area contributed by atoms with Gasteiger partial charge >= 0.3 is 0 Å². The summed E-state index contributed by atoms with van der Waals surface area (Å²) in [5.74, 6) is 0.188. The molecule has 0 amide bonds. The van der Waals surface area contributed by atoms with Crippen LogP contribution in [0.4, 0.5) is 0 Å². The van der Waals surface area contributed by atoms with E-state index in [2.05, 4.69) is 4.98 Å². The lowest BCUT2D eigenvalue weighted by Crippen LogP contribution is -2.12. The molecule has 0 fully saturated rings. The number of ether oxygens (including phenoxy) is 1. The van der Waals surface area contributed by atoms with E-state index >= 15 is 0 Å². The molecule has 1 N–H and O–H groups in total. The second-order valence-corrected chi connectivity index (χ2v) is 3.94. The lowest BCUT2D eigenvalue weighted by molar-refractivity contribution is 0.0879. The number of hydrogen-bond donors (Lipinski definition) is 1. The number of pyridine rings is 1. The van der Waals surface area contributed by atoms with Gasteiger partial charge in [-0.1, -0.05) is 6.92 Å². The van der Waals surface area contributed by atoms with Crippen LogP contribution in [0.3, 0.4) is 0 Å². The summed E-state index contributed by atoms with van der Waals surface area (Å²) in [4.78, 5) is 4.04. The van der Waals surface area contributed by atoms with Crippen LogP contribution in [0.15, 0.2) is 18.5 Å². The summed E-state index contributed by atoms with van der Waals surface area (Å²) in [6.45, 7) is 4.69. The maximum atomic E-state index is 10.1. The van der Waals surface area contributed by atoms with Gasteiger partial charge in [-0.25, -0.2) is 0 Å². The monoisotopic (exact) mass is 209 g/mol. The Morgan fingerprint density at radius 2 is 2.27 bits per heavy atom. The van der Waals surface area contributed by atoms with Crippen LogP contribution in [0, 0.1) is 12.8 Å². The van der Waals surface area contributed by atoms with Crippen molar-refractivity contribution in [2.75, 3.05) is 13.7 Å². The molecule has 0 aliphatic heterocycles. The summed E-state index contributed by atoms with van der Waals surface area (Å²) in [7, 11) is 1.68. The second kappa shape index (κ2) is 5.83. The zero-order valence-corrected chi connectivity index (χ0v) is 9.60. The van der Waals surface area contributed by atoms with Gasteiger partial charge in [0, 0.05) is 31.7 Å². The molecule has 3 heteroatoms. The highest BCUT2D eigenvalue weighted by atomic mass is 16.5. The first-order chi connectivity index (χ1) is 7.16. The summed E-state index contributed by atoms with van der Waals surface area (Å²) in [5, 5.41) is 10.1. The number of aliphatic hydroxyl groups excluding tert-OH is 1. The van der Waals surface area contributed by atoms with Gasteiger partial charge in [0.15, 0.2) is 0 Å². The predicted molar refractivity (Wildman–Crippen MR) is 59.6 cm³/mol. The van der Waals surface area contributed by atoms with Crippen LogP contribution in [0.25, 0.3) is 0 Å². The SMILES string of the molecule is COCCC(C)C(O)c1cnccc1C. The summed E-state index contributed by atoms with van der Waals surface area (Å²) < 4.78 is 5.00. The Morgan fingerprint density at radius 1 is 1.53 bits per heavy atom. The quantitative estimate of drug-likeness (QED) is 0.807. The minimum Gasteiger partial charge on any atom is -0.388 e. The number of methoxy groups -OCH3 is 1. The predicted octanol–water partition coefficient (Wildman–Crippen LogP) is 2.10. The molecule has 2 atom stereocenters. The summed E-state index contributed by atoms with van der Waals surface area (Å²) >= 11 is 0. The Morgan fingerprint density at radius 3 is 2.87 bits per heavy atom. The van der Waals surface area contributed by atoms with Gasteiger partial charge in [-0.05, 0) is 30.9 Å². The molecule has 15 heavy (non-hydrogen) atoms. The molecule has 0 aliphatic rings. The van der Waals surface area contributed by atoms with Gasteiger partial charge in [0.1, 0.15) is 0 Å². The smallest absolute Gasteiger partial charge is 0.0833 e. The molecule has 0 spiro atoms. The molecule has 1 heterocycles. The number of aromatic nitrogens is 1. The Bertz CT molecular complexity index is 301. The van der Waals surface area contributed by atoms with Crippen molar-refractivity contribution in [2.45, 2.75) is 26.4 Å². The standard InChI is InChI=1S/C12H19NO2/c1-9-4-6-13-8-11(9)12(14)10(2)5-7-15-3/h4,6,8,10,12,14H,5,7H2,1-3H3. The van der Waals surface area contributed by atoms with Crippen molar-refractivity contribution in [1.82, 2.24) is 4.98 Å². The molecular formula is C12H19NO2. The van der Waals surface area contributed by atoms with Crippen molar-refractivity contribution >= 4 is 0 Å². The molecule has 3 nitrogen and oxygen atoms in total. The van der Waals surface area contributed by atoms with E-state index in [4.69, 9.17) is 4.74 Å². The molecule has 2 unspecified atom stereocenters. The number of nitrogens with zero attached hydrogens (tertiary/aromatic N) is 1. The highest BCUT2D eigenvalue weighted by Gasteiger charge is 2.17. The van der Waals surface area contributed by atoms with Crippen molar-refractivity contribution in [3.05, 3.63) is 29.6 Å². The van der Waals surface area contributed by atoms with Crippen LogP contribution < -0.4 is 0 Å². The lowest BCUT2D eigenvalue weighted by atomic mass is 9.93. The van der Waals surface area contributed by atoms with Crippen LogP contribution >= 0.6 is 0 Å². The third-order valence-electron chi connectivity index (χ3n) is 2.71. The number of hydrogen-bond acceptors (Lipinski definition) is 3. The summed E-state index contributed by atoms with van der Waals surface area (Å²) in [5.41, 5.74) is 2.00. The molecule has 1 aromatic heterocycles. The number of rotatable bonds is 5. The van der Waals surface area contributed by atoms with E-state index in [9.17, 15) is 5.11 Å². The molecule has 0 saturated carbocycles. The Hall–Kier alpha value is -0.930. The first-order valence-electron chi connectivity index (χ1n) is 5.24.